The van der Waals surface area contributed by atoms with Crippen molar-refractivity contribution < 1.29 is 14.6 Å². The summed E-state index contributed by atoms with van der Waals surface area (Å²) in [6.07, 6.45) is 10.6. The van der Waals surface area contributed by atoms with Crippen molar-refractivity contribution in [3.63, 3.8) is 0 Å². The Balaban J connectivity index is 1.60. The summed E-state index contributed by atoms with van der Waals surface area (Å²) in [6, 6.07) is 7.57. The molecule has 1 aromatic heterocycles. The van der Waals surface area contributed by atoms with Gasteiger partial charge in [-0.3, -0.25) is 9.48 Å². The Bertz CT molecular complexity index is 834. The third kappa shape index (κ3) is 3.14. The fraction of sp³-hybridized carbons (Fsp3) is 0.429. The molecule has 2 aliphatic carbocycles. The smallest absolute Gasteiger partial charge is 0.157 e. The summed E-state index contributed by atoms with van der Waals surface area (Å²) in [7, 11) is 0. The van der Waals surface area contributed by atoms with Crippen molar-refractivity contribution in [1.82, 2.24) is 9.78 Å². The molecule has 2 aliphatic rings. The minimum Gasteiger partial charge on any atom is -0.507 e. The Morgan fingerprint density at radius 2 is 2.04 bits per heavy atom. The number of nitrogens with zero attached hydrogens (tertiary/aromatic N) is 2. The van der Waals surface area contributed by atoms with Crippen LogP contribution in [0.3, 0.4) is 0 Å². The van der Waals surface area contributed by atoms with Crippen LogP contribution in [-0.2, 0) is 0 Å². The minimum atomic E-state index is -0.0431. The highest BCUT2D eigenvalue weighted by atomic mass is 16.5. The normalized spacial score (nSPS) is 17.8. The van der Waals surface area contributed by atoms with Crippen molar-refractivity contribution in [3.05, 3.63) is 47.3 Å². The van der Waals surface area contributed by atoms with Gasteiger partial charge in [-0.25, -0.2) is 0 Å². The van der Waals surface area contributed by atoms with E-state index in [0.717, 1.165) is 19.3 Å². The van der Waals surface area contributed by atoms with E-state index in [1.807, 2.05) is 6.20 Å². The van der Waals surface area contributed by atoms with E-state index in [1.54, 1.807) is 12.1 Å². The van der Waals surface area contributed by atoms with Gasteiger partial charge < -0.3 is 9.84 Å². The Kier molecular flexibility index (Phi) is 4.78. The zero-order valence-electron chi connectivity index (χ0n) is 14.9. The van der Waals surface area contributed by atoms with Gasteiger partial charge in [0.2, 0.25) is 0 Å². The molecule has 0 saturated heterocycles. The first-order valence-electron chi connectivity index (χ1n) is 9.42. The molecule has 5 heteroatoms. The highest BCUT2D eigenvalue weighted by Crippen LogP contribution is 2.38. The number of rotatable bonds is 6. The van der Waals surface area contributed by atoms with Gasteiger partial charge >= 0.3 is 0 Å². The van der Waals surface area contributed by atoms with Gasteiger partial charge in [0.1, 0.15) is 18.1 Å². The minimum absolute atomic E-state index is 0.0431. The van der Waals surface area contributed by atoms with Crippen molar-refractivity contribution in [2.75, 3.05) is 6.61 Å². The lowest BCUT2D eigenvalue weighted by Gasteiger charge is -2.29. The van der Waals surface area contributed by atoms with E-state index >= 15 is 0 Å². The molecule has 1 aromatic carbocycles. The Labute approximate surface area is 153 Å². The molecule has 1 saturated carbocycles. The zero-order chi connectivity index (χ0) is 17.9. The topological polar surface area (TPSA) is 64.3 Å². The lowest BCUT2D eigenvalue weighted by molar-refractivity contribution is 0.111. The average molecular weight is 352 g/mol. The molecule has 2 aromatic rings. The fourth-order valence-electron chi connectivity index (χ4n) is 3.85. The standard InChI is InChI=1S/C21H24N2O3/c24-13-18-20(25)9-4-10-21(18)26-14-15-5-1-2-8-17(15)19-11-12-22-23(19)16-6-3-7-16/h4,9-13,16,25H,1-3,5-8,14H2. The molecule has 136 valence electrons. The van der Waals surface area contributed by atoms with Crippen molar-refractivity contribution in [2.45, 2.75) is 51.0 Å². The van der Waals surface area contributed by atoms with Gasteiger partial charge in [-0.2, -0.15) is 5.10 Å². The molecule has 0 aliphatic heterocycles. The molecule has 1 N–H and O–H groups in total. The van der Waals surface area contributed by atoms with E-state index in [4.69, 9.17) is 4.74 Å². The van der Waals surface area contributed by atoms with E-state index < -0.39 is 0 Å². The maximum Gasteiger partial charge on any atom is 0.157 e. The van der Waals surface area contributed by atoms with Crippen LogP contribution >= 0.6 is 0 Å². The summed E-state index contributed by atoms with van der Waals surface area (Å²) in [4.78, 5) is 11.2. The maximum absolute atomic E-state index is 11.2. The second-order valence-corrected chi connectivity index (χ2v) is 7.13. The van der Waals surface area contributed by atoms with Crippen LogP contribution in [-0.4, -0.2) is 27.8 Å². The number of aromatic nitrogens is 2. The lowest BCUT2D eigenvalue weighted by atomic mass is 9.88. The summed E-state index contributed by atoms with van der Waals surface area (Å²) >= 11 is 0. The largest absolute Gasteiger partial charge is 0.507 e. The van der Waals surface area contributed by atoms with E-state index in [0.29, 0.717) is 24.7 Å². The quantitative estimate of drug-likeness (QED) is 0.776. The molecule has 0 atom stereocenters. The molecular formula is C21H24N2O3. The van der Waals surface area contributed by atoms with Gasteiger partial charge in [-0.15, -0.1) is 0 Å². The Morgan fingerprint density at radius 1 is 1.19 bits per heavy atom. The molecule has 0 bridgehead atoms. The summed E-state index contributed by atoms with van der Waals surface area (Å²) in [5, 5.41) is 14.4. The summed E-state index contributed by atoms with van der Waals surface area (Å²) in [5.41, 5.74) is 4.05. The first-order valence-corrected chi connectivity index (χ1v) is 9.42. The molecule has 0 radical (unpaired) electrons. The maximum atomic E-state index is 11.2. The van der Waals surface area contributed by atoms with Gasteiger partial charge in [-0.05, 0) is 74.3 Å². The molecule has 0 spiro atoms. The van der Waals surface area contributed by atoms with Crippen molar-refractivity contribution in [1.29, 1.82) is 0 Å². The highest BCUT2D eigenvalue weighted by Gasteiger charge is 2.25. The number of carbonyl (C=O) groups is 1. The summed E-state index contributed by atoms with van der Waals surface area (Å²) in [5.74, 6) is 0.392. The van der Waals surface area contributed by atoms with E-state index in [-0.39, 0.29) is 11.3 Å². The average Bonchev–Trinajstić information content (AvgIpc) is 3.07. The lowest BCUT2D eigenvalue weighted by Crippen LogP contribution is -2.21. The van der Waals surface area contributed by atoms with E-state index in [1.165, 1.54) is 48.6 Å². The van der Waals surface area contributed by atoms with Crippen LogP contribution in [0, 0.1) is 0 Å². The number of hydrogen-bond acceptors (Lipinski definition) is 4. The third-order valence-electron chi connectivity index (χ3n) is 5.55. The van der Waals surface area contributed by atoms with E-state index in [9.17, 15) is 9.90 Å². The number of aromatic hydroxyl groups is 1. The first kappa shape index (κ1) is 16.9. The number of phenols is 1. The number of carbonyl (C=O) groups excluding carboxylic acids is 1. The first-order chi connectivity index (χ1) is 12.8. The fourth-order valence-corrected chi connectivity index (χ4v) is 3.85. The molecule has 4 rings (SSSR count). The number of allylic oxidation sites excluding steroid dienone is 1. The molecule has 1 fully saturated rings. The third-order valence-corrected chi connectivity index (χ3v) is 5.55. The van der Waals surface area contributed by atoms with Crippen molar-refractivity contribution >= 4 is 11.9 Å². The predicted octanol–water partition coefficient (Wildman–Crippen LogP) is 4.53. The van der Waals surface area contributed by atoms with Crippen molar-refractivity contribution in [2.24, 2.45) is 0 Å². The van der Waals surface area contributed by atoms with Gasteiger partial charge in [0, 0.05) is 6.20 Å². The summed E-state index contributed by atoms with van der Waals surface area (Å²) in [6.45, 7) is 0.440. The van der Waals surface area contributed by atoms with Gasteiger partial charge in [-0.1, -0.05) is 6.07 Å². The number of benzene rings is 1. The predicted molar refractivity (Wildman–Crippen MR) is 99.5 cm³/mol. The SMILES string of the molecule is O=Cc1c(O)cccc1OCC1=C(c2ccnn2C2CCC2)CCCC1. The molecule has 0 amide bonds. The molecular weight excluding hydrogens is 328 g/mol. The van der Waals surface area contributed by atoms with Crippen molar-refractivity contribution in [3.8, 4) is 11.5 Å². The highest BCUT2D eigenvalue weighted by molar-refractivity contribution is 5.83. The van der Waals surface area contributed by atoms with Crippen LogP contribution in [0.1, 0.15) is 67.0 Å². The number of aldehydes is 1. The van der Waals surface area contributed by atoms with Crippen LogP contribution in [0.15, 0.2) is 36.0 Å². The Morgan fingerprint density at radius 3 is 2.81 bits per heavy atom. The molecule has 0 unspecified atom stereocenters. The zero-order valence-corrected chi connectivity index (χ0v) is 14.9. The Hall–Kier alpha value is -2.56. The monoisotopic (exact) mass is 352 g/mol. The number of ether oxygens (including phenoxy) is 1. The molecule has 5 nitrogen and oxygen atoms in total. The van der Waals surface area contributed by atoms with Crippen LogP contribution in [0.25, 0.3) is 5.57 Å². The number of phenolic OH excluding ortho intramolecular Hbond substituents is 1. The molecule has 26 heavy (non-hydrogen) atoms. The second-order valence-electron chi connectivity index (χ2n) is 7.13. The summed E-state index contributed by atoms with van der Waals surface area (Å²) < 4.78 is 8.13. The van der Waals surface area contributed by atoms with Crippen LogP contribution in [0.2, 0.25) is 0 Å². The van der Waals surface area contributed by atoms with Crippen LogP contribution in [0.4, 0.5) is 0 Å². The van der Waals surface area contributed by atoms with E-state index in [2.05, 4.69) is 15.8 Å². The van der Waals surface area contributed by atoms with Gasteiger partial charge in [0.15, 0.2) is 6.29 Å². The number of hydrogen-bond donors (Lipinski definition) is 1. The molecule has 1 heterocycles. The van der Waals surface area contributed by atoms with Crippen LogP contribution < -0.4 is 4.74 Å². The van der Waals surface area contributed by atoms with Crippen LogP contribution in [0.5, 0.6) is 11.5 Å². The van der Waals surface area contributed by atoms with Gasteiger partial charge in [0.25, 0.3) is 0 Å². The van der Waals surface area contributed by atoms with Gasteiger partial charge in [0.05, 0.1) is 17.3 Å². The second kappa shape index (κ2) is 7.36.